The molecule has 0 unspecified atom stereocenters. The van der Waals surface area contributed by atoms with Gasteiger partial charge in [0, 0.05) is 17.5 Å². The van der Waals surface area contributed by atoms with Crippen LogP contribution in [0.1, 0.15) is 21.7 Å². The third-order valence-electron chi connectivity index (χ3n) is 3.64. The van der Waals surface area contributed by atoms with E-state index in [1.807, 2.05) is 55.5 Å². The number of nitrogens with one attached hydrogen (secondary N) is 1. The van der Waals surface area contributed by atoms with Crippen molar-refractivity contribution in [3.05, 3.63) is 65.4 Å². The minimum Gasteiger partial charge on any atom is -0.497 e. The van der Waals surface area contributed by atoms with E-state index in [-0.39, 0.29) is 5.91 Å². The largest absolute Gasteiger partial charge is 0.497 e. The fourth-order valence-corrected chi connectivity index (χ4v) is 2.44. The highest BCUT2D eigenvalue weighted by atomic mass is 16.5. The van der Waals surface area contributed by atoms with Crippen molar-refractivity contribution in [2.45, 2.75) is 13.5 Å². The van der Waals surface area contributed by atoms with E-state index in [0.717, 1.165) is 27.8 Å². The quantitative estimate of drug-likeness (QED) is 0.799. The molecule has 0 atom stereocenters. The maximum Gasteiger partial charge on any atom is 0.287 e. The summed E-state index contributed by atoms with van der Waals surface area (Å²) in [4.78, 5) is 12.3. The molecule has 0 saturated carbocycles. The maximum atomic E-state index is 12.3. The first-order valence-corrected chi connectivity index (χ1v) is 7.08. The molecule has 1 N–H and O–H groups in total. The minimum absolute atomic E-state index is 0.212. The van der Waals surface area contributed by atoms with Gasteiger partial charge in [-0.25, -0.2) is 0 Å². The van der Waals surface area contributed by atoms with Crippen LogP contribution in [0.2, 0.25) is 0 Å². The van der Waals surface area contributed by atoms with Crippen LogP contribution in [0, 0.1) is 6.92 Å². The second kappa shape index (κ2) is 5.93. The van der Waals surface area contributed by atoms with Gasteiger partial charge in [-0.2, -0.15) is 0 Å². The van der Waals surface area contributed by atoms with Gasteiger partial charge in [-0.3, -0.25) is 4.79 Å². The van der Waals surface area contributed by atoms with Crippen molar-refractivity contribution >= 4 is 16.9 Å². The van der Waals surface area contributed by atoms with Crippen LogP contribution in [0.15, 0.2) is 52.9 Å². The summed E-state index contributed by atoms with van der Waals surface area (Å²) in [5.41, 5.74) is 2.56. The van der Waals surface area contributed by atoms with Crippen molar-refractivity contribution in [3.8, 4) is 5.75 Å². The van der Waals surface area contributed by atoms with Gasteiger partial charge >= 0.3 is 0 Å². The van der Waals surface area contributed by atoms with E-state index in [4.69, 9.17) is 9.15 Å². The number of fused-ring (bicyclic) bond motifs is 1. The number of carbonyl (C=O) groups is 1. The smallest absolute Gasteiger partial charge is 0.287 e. The van der Waals surface area contributed by atoms with E-state index in [2.05, 4.69) is 5.32 Å². The van der Waals surface area contributed by atoms with Crippen molar-refractivity contribution in [2.24, 2.45) is 0 Å². The van der Waals surface area contributed by atoms with E-state index in [9.17, 15) is 4.79 Å². The molecule has 3 aromatic rings. The average molecular weight is 295 g/mol. The number of methoxy groups -OCH3 is 1. The minimum atomic E-state index is -0.212. The number of benzene rings is 2. The zero-order valence-electron chi connectivity index (χ0n) is 12.6. The van der Waals surface area contributed by atoms with Crippen molar-refractivity contribution in [3.63, 3.8) is 0 Å². The Bertz CT molecular complexity index is 820. The fraction of sp³-hybridized carbons (Fsp3) is 0.167. The lowest BCUT2D eigenvalue weighted by molar-refractivity contribution is 0.0924. The topological polar surface area (TPSA) is 51.5 Å². The Balaban J connectivity index is 1.77. The Morgan fingerprint density at radius 3 is 2.77 bits per heavy atom. The number of hydrogen-bond acceptors (Lipinski definition) is 3. The summed E-state index contributed by atoms with van der Waals surface area (Å²) in [6.45, 7) is 2.32. The highest BCUT2D eigenvalue weighted by Gasteiger charge is 2.16. The number of amides is 1. The first kappa shape index (κ1) is 14.2. The molecule has 3 rings (SSSR count). The summed E-state index contributed by atoms with van der Waals surface area (Å²) >= 11 is 0. The lowest BCUT2D eigenvalue weighted by Crippen LogP contribution is -2.22. The summed E-state index contributed by atoms with van der Waals surface area (Å²) < 4.78 is 10.8. The van der Waals surface area contributed by atoms with Gasteiger partial charge in [0.2, 0.25) is 0 Å². The van der Waals surface area contributed by atoms with Crippen LogP contribution in [-0.4, -0.2) is 13.0 Å². The van der Waals surface area contributed by atoms with E-state index >= 15 is 0 Å². The molecular weight excluding hydrogens is 278 g/mol. The molecule has 0 fully saturated rings. The number of aryl methyl sites for hydroxylation is 1. The van der Waals surface area contributed by atoms with Crippen LogP contribution in [0.25, 0.3) is 11.0 Å². The number of carbonyl (C=O) groups excluding carboxylic acids is 1. The van der Waals surface area contributed by atoms with E-state index in [0.29, 0.717) is 12.3 Å². The lowest BCUT2D eigenvalue weighted by atomic mass is 10.1. The molecule has 0 spiro atoms. The number of hydrogen-bond donors (Lipinski definition) is 1. The molecule has 0 aliphatic rings. The summed E-state index contributed by atoms with van der Waals surface area (Å²) in [6.07, 6.45) is 0. The number of rotatable bonds is 4. The summed E-state index contributed by atoms with van der Waals surface area (Å²) in [5, 5.41) is 3.85. The first-order valence-electron chi connectivity index (χ1n) is 7.08. The normalized spacial score (nSPS) is 10.6. The molecule has 0 radical (unpaired) electrons. The standard InChI is InChI=1S/C18H17NO3/c1-12-15-8-3-4-9-16(15)22-17(12)18(20)19-11-13-6-5-7-14(10-13)21-2/h3-10H,11H2,1-2H3,(H,19,20). The lowest BCUT2D eigenvalue weighted by Gasteiger charge is -2.06. The van der Waals surface area contributed by atoms with Crippen molar-refractivity contribution in [1.82, 2.24) is 5.32 Å². The zero-order valence-corrected chi connectivity index (χ0v) is 12.6. The highest BCUT2D eigenvalue weighted by Crippen LogP contribution is 2.24. The van der Waals surface area contributed by atoms with Gasteiger partial charge in [-0.15, -0.1) is 0 Å². The molecule has 0 aliphatic heterocycles. The monoisotopic (exact) mass is 295 g/mol. The van der Waals surface area contributed by atoms with Crippen LogP contribution < -0.4 is 10.1 Å². The van der Waals surface area contributed by atoms with Crippen LogP contribution >= 0.6 is 0 Å². The Morgan fingerprint density at radius 1 is 1.18 bits per heavy atom. The maximum absolute atomic E-state index is 12.3. The van der Waals surface area contributed by atoms with Crippen LogP contribution in [0.3, 0.4) is 0 Å². The molecule has 1 aromatic heterocycles. The molecule has 22 heavy (non-hydrogen) atoms. The van der Waals surface area contributed by atoms with Crippen molar-refractivity contribution in [2.75, 3.05) is 7.11 Å². The number of ether oxygens (including phenoxy) is 1. The fourth-order valence-electron chi connectivity index (χ4n) is 2.44. The molecule has 4 nitrogen and oxygen atoms in total. The summed E-state index contributed by atoms with van der Waals surface area (Å²) in [5.74, 6) is 0.923. The second-order valence-corrected chi connectivity index (χ2v) is 5.09. The second-order valence-electron chi connectivity index (χ2n) is 5.09. The van der Waals surface area contributed by atoms with Gasteiger partial charge in [0.05, 0.1) is 7.11 Å². The molecule has 0 saturated heterocycles. The van der Waals surface area contributed by atoms with E-state index in [1.54, 1.807) is 7.11 Å². The Hall–Kier alpha value is -2.75. The van der Waals surface area contributed by atoms with Gasteiger partial charge in [-0.05, 0) is 30.7 Å². The molecule has 0 aliphatic carbocycles. The van der Waals surface area contributed by atoms with Crippen LogP contribution in [0.5, 0.6) is 5.75 Å². The molecule has 4 heteroatoms. The van der Waals surface area contributed by atoms with Gasteiger partial charge in [0.1, 0.15) is 11.3 Å². The predicted molar refractivity (Wildman–Crippen MR) is 85.1 cm³/mol. The molecule has 1 heterocycles. The van der Waals surface area contributed by atoms with E-state index < -0.39 is 0 Å². The Kier molecular flexibility index (Phi) is 3.83. The molecule has 1 amide bonds. The van der Waals surface area contributed by atoms with Crippen molar-refractivity contribution in [1.29, 1.82) is 0 Å². The van der Waals surface area contributed by atoms with Gasteiger partial charge < -0.3 is 14.5 Å². The number of para-hydroxylation sites is 1. The third-order valence-corrected chi connectivity index (χ3v) is 3.64. The molecule has 0 bridgehead atoms. The molecular formula is C18H17NO3. The summed E-state index contributed by atoms with van der Waals surface area (Å²) in [7, 11) is 1.62. The van der Waals surface area contributed by atoms with Gasteiger partial charge in [0.25, 0.3) is 5.91 Å². The zero-order chi connectivity index (χ0) is 15.5. The van der Waals surface area contributed by atoms with Crippen LogP contribution in [0.4, 0.5) is 0 Å². The number of furan rings is 1. The third kappa shape index (κ3) is 2.68. The van der Waals surface area contributed by atoms with Gasteiger partial charge in [0.15, 0.2) is 5.76 Å². The Labute approximate surface area is 128 Å². The van der Waals surface area contributed by atoms with Crippen LogP contribution in [-0.2, 0) is 6.54 Å². The van der Waals surface area contributed by atoms with E-state index in [1.165, 1.54) is 0 Å². The molecule has 112 valence electrons. The molecule has 2 aromatic carbocycles. The highest BCUT2D eigenvalue weighted by molar-refractivity contribution is 5.98. The average Bonchev–Trinajstić information content (AvgIpc) is 2.90. The summed E-state index contributed by atoms with van der Waals surface area (Å²) in [6, 6.07) is 15.2. The van der Waals surface area contributed by atoms with Crippen molar-refractivity contribution < 1.29 is 13.9 Å². The Morgan fingerprint density at radius 2 is 2.00 bits per heavy atom. The predicted octanol–water partition coefficient (Wildman–Crippen LogP) is 3.68. The van der Waals surface area contributed by atoms with Gasteiger partial charge in [-0.1, -0.05) is 30.3 Å². The first-order chi connectivity index (χ1) is 10.7. The SMILES string of the molecule is COc1cccc(CNC(=O)c2oc3ccccc3c2C)c1.